The predicted octanol–water partition coefficient (Wildman–Crippen LogP) is 1.76. The Morgan fingerprint density at radius 3 is 2.86 bits per heavy atom. The van der Waals surface area contributed by atoms with E-state index in [1.165, 1.54) is 0 Å². The Balaban J connectivity index is 1.94. The van der Waals surface area contributed by atoms with Gasteiger partial charge in [-0.2, -0.15) is 0 Å². The molecule has 0 spiro atoms. The van der Waals surface area contributed by atoms with Crippen molar-refractivity contribution in [3.05, 3.63) is 11.6 Å². The van der Waals surface area contributed by atoms with Gasteiger partial charge < -0.3 is 14.6 Å². The number of hydrogen-bond donors (Lipinski definition) is 1. The van der Waals surface area contributed by atoms with E-state index in [1.54, 1.807) is 0 Å². The Hall–Kier alpha value is -1.43. The minimum atomic E-state index is -0.0402. The molecule has 0 bridgehead atoms. The lowest BCUT2D eigenvalue weighted by molar-refractivity contribution is -0.134. The summed E-state index contributed by atoms with van der Waals surface area (Å²) in [4.78, 5) is 12.3. The number of amides is 1. The van der Waals surface area contributed by atoms with Crippen molar-refractivity contribution in [2.75, 3.05) is 6.61 Å². The summed E-state index contributed by atoms with van der Waals surface area (Å²) in [5.41, 5.74) is 0. The van der Waals surface area contributed by atoms with Crippen LogP contribution in [0, 0.1) is 5.92 Å². The van der Waals surface area contributed by atoms with Gasteiger partial charge in [-0.05, 0) is 19.3 Å². The highest BCUT2D eigenvalue weighted by molar-refractivity contribution is 5.79. The highest BCUT2D eigenvalue weighted by atomic mass is 16.5. The third kappa shape index (κ3) is 3.61. The molecule has 118 valence electrons. The molecule has 1 aliphatic rings. The minimum Gasteiger partial charge on any atom is -0.377 e. The van der Waals surface area contributed by atoms with E-state index in [-0.39, 0.29) is 17.9 Å². The lowest BCUT2D eigenvalue weighted by atomic mass is 9.92. The molecule has 1 aromatic rings. The van der Waals surface area contributed by atoms with E-state index in [1.807, 2.05) is 11.6 Å². The molecule has 1 saturated heterocycles. The second-order valence-electron chi connectivity index (χ2n) is 5.97. The van der Waals surface area contributed by atoms with Crippen LogP contribution in [0.2, 0.25) is 0 Å². The second-order valence-corrected chi connectivity index (χ2v) is 5.97. The Labute approximate surface area is 126 Å². The molecule has 2 atom stereocenters. The molecule has 2 rings (SSSR count). The fraction of sp³-hybridized carbons (Fsp3) is 0.800. The summed E-state index contributed by atoms with van der Waals surface area (Å²) in [5, 5.41) is 11.3. The van der Waals surface area contributed by atoms with Crippen molar-refractivity contribution >= 4 is 5.91 Å². The molecule has 1 N–H and O–H groups in total. The highest BCUT2D eigenvalue weighted by Gasteiger charge is 2.30. The van der Waals surface area contributed by atoms with Crippen molar-refractivity contribution in [3.8, 4) is 0 Å². The van der Waals surface area contributed by atoms with E-state index >= 15 is 0 Å². The first-order valence-electron chi connectivity index (χ1n) is 7.82. The molecular formula is C15H26N4O2. The molecule has 1 aromatic heterocycles. The number of carbonyl (C=O) groups excluding carboxylic acids is 1. The van der Waals surface area contributed by atoms with Crippen molar-refractivity contribution in [2.24, 2.45) is 13.0 Å². The smallest absolute Gasteiger partial charge is 0.226 e. The summed E-state index contributed by atoms with van der Waals surface area (Å²) in [6, 6.07) is 0. The van der Waals surface area contributed by atoms with E-state index in [4.69, 9.17) is 4.74 Å². The fourth-order valence-electron chi connectivity index (χ4n) is 2.87. The lowest BCUT2D eigenvalue weighted by Crippen LogP contribution is -2.41. The summed E-state index contributed by atoms with van der Waals surface area (Å²) in [6.07, 6.45) is 2.78. The van der Waals surface area contributed by atoms with Crippen LogP contribution in [0.1, 0.15) is 57.6 Å². The number of carbonyl (C=O) groups is 1. The van der Waals surface area contributed by atoms with Crippen molar-refractivity contribution < 1.29 is 9.53 Å². The molecule has 0 saturated carbocycles. The van der Waals surface area contributed by atoms with Crippen molar-refractivity contribution in [1.82, 2.24) is 20.1 Å². The van der Waals surface area contributed by atoms with Crippen LogP contribution in [0.5, 0.6) is 0 Å². The maximum atomic E-state index is 12.3. The maximum absolute atomic E-state index is 12.3. The quantitative estimate of drug-likeness (QED) is 0.898. The molecule has 21 heavy (non-hydrogen) atoms. The Morgan fingerprint density at radius 2 is 2.24 bits per heavy atom. The molecular weight excluding hydrogens is 268 g/mol. The first-order chi connectivity index (χ1) is 10.0. The molecule has 0 unspecified atom stereocenters. The van der Waals surface area contributed by atoms with Crippen LogP contribution in [0.4, 0.5) is 0 Å². The first kappa shape index (κ1) is 15.9. The zero-order valence-electron chi connectivity index (χ0n) is 13.4. The largest absolute Gasteiger partial charge is 0.377 e. The highest BCUT2D eigenvalue weighted by Crippen LogP contribution is 2.23. The van der Waals surface area contributed by atoms with Gasteiger partial charge in [-0.1, -0.05) is 20.8 Å². The van der Waals surface area contributed by atoms with Crippen LogP contribution in [-0.2, 0) is 23.1 Å². The van der Waals surface area contributed by atoms with Crippen LogP contribution in [0.3, 0.4) is 0 Å². The summed E-state index contributed by atoms with van der Waals surface area (Å²) >= 11 is 0. The second kappa shape index (κ2) is 7.02. The van der Waals surface area contributed by atoms with Crippen LogP contribution in [0.25, 0.3) is 0 Å². The topological polar surface area (TPSA) is 69.0 Å². The zero-order chi connectivity index (χ0) is 15.4. The molecule has 1 fully saturated rings. The normalized spacial score (nSPS) is 22.5. The predicted molar refractivity (Wildman–Crippen MR) is 79.7 cm³/mol. The van der Waals surface area contributed by atoms with Crippen molar-refractivity contribution in [3.63, 3.8) is 0 Å². The Bertz CT molecular complexity index is 484. The number of nitrogens with one attached hydrogen (secondary N) is 1. The van der Waals surface area contributed by atoms with Crippen LogP contribution in [0.15, 0.2) is 0 Å². The SMILES string of the molecule is CC[C@@H]1OCCC[C@H]1C(=O)NCc1nnc(C(C)C)n1C. The van der Waals surface area contributed by atoms with Gasteiger partial charge in [-0.3, -0.25) is 4.79 Å². The fourth-order valence-corrected chi connectivity index (χ4v) is 2.87. The molecule has 0 aliphatic carbocycles. The van der Waals surface area contributed by atoms with Gasteiger partial charge in [0.1, 0.15) is 5.82 Å². The molecule has 0 radical (unpaired) electrons. The Kier molecular flexibility index (Phi) is 5.33. The van der Waals surface area contributed by atoms with Crippen LogP contribution in [-0.4, -0.2) is 33.4 Å². The van der Waals surface area contributed by atoms with Gasteiger partial charge in [0, 0.05) is 19.6 Å². The monoisotopic (exact) mass is 294 g/mol. The summed E-state index contributed by atoms with van der Waals surface area (Å²) in [5.74, 6) is 2.07. The van der Waals surface area contributed by atoms with Crippen LogP contribution < -0.4 is 5.32 Å². The molecule has 1 amide bonds. The first-order valence-corrected chi connectivity index (χ1v) is 7.82. The Morgan fingerprint density at radius 1 is 1.48 bits per heavy atom. The minimum absolute atomic E-state index is 0.0402. The third-order valence-corrected chi connectivity index (χ3v) is 4.12. The van der Waals surface area contributed by atoms with E-state index in [0.29, 0.717) is 12.5 Å². The van der Waals surface area contributed by atoms with Gasteiger partial charge in [0.2, 0.25) is 5.91 Å². The third-order valence-electron chi connectivity index (χ3n) is 4.12. The average molecular weight is 294 g/mol. The number of hydrogen-bond acceptors (Lipinski definition) is 4. The van der Waals surface area contributed by atoms with E-state index in [9.17, 15) is 4.79 Å². The van der Waals surface area contributed by atoms with Gasteiger partial charge in [-0.15, -0.1) is 10.2 Å². The number of rotatable bonds is 5. The molecule has 2 heterocycles. The van der Waals surface area contributed by atoms with E-state index < -0.39 is 0 Å². The average Bonchev–Trinajstić information content (AvgIpc) is 2.86. The van der Waals surface area contributed by atoms with Crippen molar-refractivity contribution in [1.29, 1.82) is 0 Å². The number of nitrogens with zero attached hydrogens (tertiary/aromatic N) is 3. The molecule has 6 nitrogen and oxygen atoms in total. The molecule has 6 heteroatoms. The van der Waals surface area contributed by atoms with Gasteiger partial charge in [-0.25, -0.2) is 0 Å². The number of ether oxygens (including phenoxy) is 1. The standard InChI is InChI=1S/C15H26N4O2/c1-5-12-11(7-6-8-21-12)15(20)16-9-13-17-18-14(10(2)3)19(13)4/h10-12H,5-9H2,1-4H3,(H,16,20)/t11-,12+/m1/s1. The van der Waals surface area contributed by atoms with E-state index in [0.717, 1.165) is 37.5 Å². The molecule has 1 aliphatic heterocycles. The van der Waals surface area contributed by atoms with Crippen LogP contribution >= 0.6 is 0 Å². The summed E-state index contributed by atoms with van der Waals surface area (Å²) in [6.45, 7) is 7.41. The van der Waals surface area contributed by atoms with Gasteiger partial charge >= 0.3 is 0 Å². The number of aromatic nitrogens is 3. The summed E-state index contributed by atoms with van der Waals surface area (Å²) < 4.78 is 7.64. The maximum Gasteiger partial charge on any atom is 0.226 e. The van der Waals surface area contributed by atoms with Gasteiger partial charge in [0.05, 0.1) is 18.6 Å². The van der Waals surface area contributed by atoms with Gasteiger partial charge in [0.15, 0.2) is 5.82 Å². The zero-order valence-corrected chi connectivity index (χ0v) is 13.4. The van der Waals surface area contributed by atoms with E-state index in [2.05, 4.69) is 36.3 Å². The molecule has 0 aromatic carbocycles. The lowest BCUT2D eigenvalue weighted by Gasteiger charge is -2.30. The van der Waals surface area contributed by atoms with Crippen molar-refractivity contribution in [2.45, 2.75) is 58.6 Å². The summed E-state index contributed by atoms with van der Waals surface area (Å²) in [7, 11) is 1.94. The van der Waals surface area contributed by atoms with Gasteiger partial charge in [0.25, 0.3) is 0 Å².